The second-order valence-corrected chi connectivity index (χ2v) is 4.95. The topological polar surface area (TPSA) is 64.4 Å². The van der Waals surface area contributed by atoms with Crippen molar-refractivity contribution in [3.63, 3.8) is 0 Å². The summed E-state index contributed by atoms with van der Waals surface area (Å²) in [6.07, 6.45) is 2.32. The summed E-state index contributed by atoms with van der Waals surface area (Å²) in [7, 11) is 0. The van der Waals surface area contributed by atoms with Crippen LogP contribution in [0.25, 0.3) is 0 Å². The Labute approximate surface area is 113 Å². The van der Waals surface area contributed by atoms with Gasteiger partial charge in [0, 0.05) is 30.3 Å². The summed E-state index contributed by atoms with van der Waals surface area (Å²) in [5.41, 5.74) is 0.926. The molecule has 1 unspecified atom stereocenters. The number of nitrogens with zero attached hydrogens (tertiary/aromatic N) is 1. The van der Waals surface area contributed by atoms with Crippen LogP contribution >= 0.6 is 0 Å². The van der Waals surface area contributed by atoms with Crippen LogP contribution in [0.1, 0.15) is 38.3 Å². The first kappa shape index (κ1) is 14.0. The molecule has 1 aliphatic carbocycles. The molecule has 1 aromatic carbocycles. The monoisotopic (exact) mass is 264 g/mol. The van der Waals surface area contributed by atoms with Crippen LogP contribution in [-0.4, -0.2) is 23.7 Å². The lowest BCUT2D eigenvalue weighted by atomic mass is 9.88. The third kappa shape index (κ3) is 3.30. The van der Waals surface area contributed by atoms with Crippen LogP contribution in [0.2, 0.25) is 0 Å². The average molecular weight is 264 g/mol. The summed E-state index contributed by atoms with van der Waals surface area (Å²) in [6.45, 7) is 4.71. The zero-order valence-electron chi connectivity index (χ0n) is 11.3. The van der Waals surface area contributed by atoms with Gasteiger partial charge in [0.15, 0.2) is 0 Å². The highest BCUT2D eigenvalue weighted by molar-refractivity contribution is 5.41. The Morgan fingerprint density at radius 3 is 2.79 bits per heavy atom. The summed E-state index contributed by atoms with van der Waals surface area (Å²) in [5, 5.41) is 14.4. The van der Waals surface area contributed by atoms with Crippen molar-refractivity contribution in [3.8, 4) is 0 Å². The van der Waals surface area contributed by atoms with E-state index in [1.807, 2.05) is 26.0 Å². The van der Waals surface area contributed by atoms with Crippen LogP contribution < -0.4 is 5.32 Å². The van der Waals surface area contributed by atoms with Crippen molar-refractivity contribution in [1.82, 2.24) is 5.32 Å². The van der Waals surface area contributed by atoms with E-state index in [1.54, 1.807) is 12.1 Å². The molecule has 0 amide bonds. The summed E-state index contributed by atoms with van der Waals surface area (Å²) in [4.78, 5) is 10.7. The number of ether oxygens (including phenoxy) is 1. The quantitative estimate of drug-likeness (QED) is 0.634. The van der Waals surface area contributed by atoms with Crippen molar-refractivity contribution in [1.29, 1.82) is 0 Å². The van der Waals surface area contributed by atoms with Gasteiger partial charge in [0.05, 0.1) is 11.0 Å². The van der Waals surface area contributed by atoms with Crippen molar-refractivity contribution in [3.05, 3.63) is 39.9 Å². The van der Waals surface area contributed by atoms with E-state index in [0.717, 1.165) is 25.0 Å². The molecule has 0 bridgehead atoms. The summed E-state index contributed by atoms with van der Waals surface area (Å²) >= 11 is 0. The molecule has 1 aromatic rings. The standard InChI is InChI=1S/C14H20N2O3/c1-3-19-12-8-11(9-12)15-10(2)13-6-4-5-7-14(13)16(17)18/h4-7,10-12,15H,3,8-9H2,1-2H3. The van der Waals surface area contributed by atoms with E-state index < -0.39 is 0 Å². The summed E-state index contributed by atoms with van der Waals surface area (Å²) in [5.74, 6) is 0. The van der Waals surface area contributed by atoms with Gasteiger partial charge in [-0.3, -0.25) is 10.1 Å². The molecule has 1 saturated carbocycles. The Morgan fingerprint density at radius 2 is 2.16 bits per heavy atom. The predicted octanol–water partition coefficient (Wildman–Crippen LogP) is 2.81. The largest absolute Gasteiger partial charge is 0.378 e. The van der Waals surface area contributed by atoms with Crippen molar-refractivity contribution < 1.29 is 9.66 Å². The molecule has 0 spiro atoms. The molecule has 2 rings (SSSR count). The smallest absolute Gasteiger partial charge is 0.274 e. The van der Waals surface area contributed by atoms with Gasteiger partial charge in [0.25, 0.3) is 5.69 Å². The third-order valence-corrected chi connectivity index (χ3v) is 3.58. The van der Waals surface area contributed by atoms with Gasteiger partial charge in [-0.05, 0) is 26.7 Å². The van der Waals surface area contributed by atoms with E-state index in [1.165, 1.54) is 0 Å². The first-order valence-electron chi connectivity index (χ1n) is 6.72. The number of nitrogens with one attached hydrogen (secondary N) is 1. The molecule has 1 atom stereocenters. The van der Waals surface area contributed by atoms with Crippen LogP contribution in [0, 0.1) is 10.1 Å². The fourth-order valence-corrected chi connectivity index (χ4v) is 2.54. The predicted molar refractivity (Wildman–Crippen MR) is 73.1 cm³/mol. The van der Waals surface area contributed by atoms with E-state index in [9.17, 15) is 10.1 Å². The lowest BCUT2D eigenvalue weighted by Gasteiger charge is -2.37. The highest BCUT2D eigenvalue weighted by atomic mass is 16.6. The van der Waals surface area contributed by atoms with Gasteiger partial charge < -0.3 is 10.1 Å². The molecule has 1 N–H and O–H groups in total. The van der Waals surface area contributed by atoms with E-state index in [0.29, 0.717) is 12.1 Å². The number of benzene rings is 1. The number of nitro benzene ring substituents is 1. The molecule has 1 aliphatic rings. The Bertz CT molecular complexity index is 444. The Morgan fingerprint density at radius 1 is 1.47 bits per heavy atom. The Balaban J connectivity index is 1.94. The van der Waals surface area contributed by atoms with Crippen LogP contribution in [-0.2, 0) is 4.74 Å². The highest BCUT2D eigenvalue weighted by Crippen LogP contribution is 2.29. The van der Waals surface area contributed by atoms with Gasteiger partial charge in [0.1, 0.15) is 0 Å². The number of hydrogen-bond donors (Lipinski definition) is 1. The lowest BCUT2D eigenvalue weighted by molar-refractivity contribution is -0.385. The van der Waals surface area contributed by atoms with Crippen LogP contribution in [0.3, 0.4) is 0 Å². The molecule has 1 fully saturated rings. The molecular formula is C14H20N2O3. The zero-order chi connectivity index (χ0) is 13.8. The maximum atomic E-state index is 11.0. The third-order valence-electron chi connectivity index (χ3n) is 3.58. The van der Waals surface area contributed by atoms with Gasteiger partial charge in [-0.25, -0.2) is 0 Å². The molecule has 5 nitrogen and oxygen atoms in total. The molecule has 0 aliphatic heterocycles. The maximum Gasteiger partial charge on any atom is 0.274 e. The lowest BCUT2D eigenvalue weighted by Crippen LogP contribution is -2.46. The molecule has 0 radical (unpaired) electrons. The van der Waals surface area contributed by atoms with E-state index >= 15 is 0 Å². The number of hydrogen-bond acceptors (Lipinski definition) is 4. The van der Waals surface area contributed by atoms with Crippen molar-refractivity contribution in [2.45, 2.75) is 44.9 Å². The van der Waals surface area contributed by atoms with E-state index in [2.05, 4.69) is 5.32 Å². The fourth-order valence-electron chi connectivity index (χ4n) is 2.54. The molecular weight excluding hydrogens is 244 g/mol. The normalized spacial score (nSPS) is 23.7. The van der Waals surface area contributed by atoms with Gasteiger partial charge in [-0.15, -0.1) is 0 Å². The highest BCUT2D eigenvalue weighted by Gasteiger charge is 2.31. The SMILES string of the molecule is CCOC1CC(NC(C)c2ccccc2[N+](=O)[O-])C1. The second kappa shape index (κ2) is 6.12. The molecule has 19 heavy (non-hydrogen) atoms. The molecule has 0 saturated heterocycles. The average Bonchev–Trinajstić information content (AvgIpc) is 2.36. The van der Waals surface area contributed by atoms with Gasteiger partial charge in [-0.1, -0.05) is 18.2 Å². The van der Waals surface area contributed by atoms with Crippen LogP contribution in [0.15, 0.2) is 24.3 Å². The number of nitro groups is 1. The molecule has 0 aromatic heterocycles. The minimum absolute atomic E-state index is 0.0193. The van der Waals surface area contributed by atoms with Gasteiger partial charge in [-0.2, -0.15) is 0 Å². The minimum atomic E-state index is -0.322. The second-order valence-electron chi connectivity index (χ2n) is 4.95. The van der Waals surface area contributed by atoms with Gasteiger partial charge >= 0.3 is 0 Å². The van der Waals surface area contributed by atoms with Crippen molar-refractivity contribution in [2.75, 3.05) is 6.61 Å². The first-order chi connectivity index (χ1) is 9.11. The van der Waals surface area contributed by atoms with E-state index in [-0.39, 0.29) is 16.7 Å². The van der Waals surface area contributed by atoms with Crippen molar-refractivity contribution >= 4 is 5.69 Å². The Hall–Kier alpha value is -1.46. The van der Waals surface area contributed by atoms with Crippen LogP contribution in [0.5, 0.6) is 0 Å². The molecule has 0 heterocycles. The minimum Gasteiger partial charge on any atom is -0.378 e. The Kier molecular flexibility index (Phi) is 4.50. The number of rotatable bonds is 6. The maximum absolute atomic E-state index is 11.0. The zero-order valence-corrected chi connectivity index (χ0v) is 11.3. The van der Waals surface area contributed by atoms with E-state index in [4.69, 9.17) is 4.74 Å². The van der Waals surface area contributed by atoms with Crippen molar-refractivity contribution in [2.24, 2.45) is 0 Å². The fraction of sp³-hybridized carbons (Fsp3) is 0.571. The molecule has 5 heteroatoms. The van der Waals surface area contributed by atoms with Gasteiger partial charge in [0.2, 0.25) is 0 Å². The van der Waals surface area contributed by atoms with Crippen LogP contribution in [0.4, 0.5) is 5.69 Å². The molecule has 104 valence electrons. The first-order valence-corrected chi connectivity index (χ1v) is 6.72. The number of para-hydroxylation sites is 1. The summed E-state index contributed by atoms with van der Waals surface area (Å²) < 4.78 is 5.51. The summed E-state index contributed by atoms with van der Waals surface area (Å²) in [6, 6.07) is 7.28.